The minimum absolute atomic E-state index is 0.00184. The van der Waals surface area contributed by atoms with Crippen molar-refractivity contribution >= 4 is 0 Å². The lowest BCUT2D eigenvalue weighted by Gasteiger charge is -2.20. The molecule has 172 valence electrons. The number of alkyl halides is 3. The quantitative estimate of drug-likeness (QED) is 0.537. The highest BCUT2D eigenvalue weighted by Crippen LogP contribution is 2.44. The van der Waals surface area contributed by atoms with E-state index in [1.807, 2.05) is 0 Å². The number of nitrogens with zero attached hydrogens (tertiary/aromatic N) is 3. The summed E-state index contributed by atoms with van der Waals surface area (Å²) >= 11 is 0. The summed E-state index contributed by atoms with van der Waals surface area (Å²) in [4.78, 5) is 3.95. The summed E-state index contributed by atoms with van der Waals surface area (Å²) in [7, 11) is 1.62. The molecule has 33 heavy (non-hydrogen) atoms. The zero-order valence-corrected chi connectivity index (χ0v) is 17.8. The van der Waals surface area contributed by atoms with Crippen LogP contribution in [0.4, 0.5) is 22.0 Å². The Hall–Kier alpha value is -3.25. The molecule has 4 nitrogen and oxygen atoms in total. The van der Waals surface area contributed by atoms with Crippen LogP contribution in [0.1, 0.15) is 52.6 Å². The van der Waals surface area contributed by atoms with Crippen LogP contribution in [0.3, 0.4) is 0 Å². The largest absolute Gasteiger partial charge is 0.385 e. The molecule has 1 N–H and O–H groups in total. The maximum Gasteiger partial charge on any atom is 0.156 e. The second-order valence-electron chi connectivity index (χ2n) is 8.23. The fraction of sp³-hybridized carbons (Fsp3) is 0.333. The van der Waals surface area contributed by atoms with E-state index in [1.54, 1.807) is 13.1 Å². The number of nitriles is 1. The van der Waals surface area contributed by atoms with E-state index < -0.39 is 36.3 Å². The molecule has 4 unspecified atom stereocenters. The summed E-state index contributed by atoms with van der Waals surface area (Å²) in [6.07, 6.45) is -5.16. The van der Waals surface area contributed by atoms with Crippen LogP contribution in [-0.2, 0) is 19.9 Å². The monoisotopic (exact) mass is 461 g/mol. The number of hydrogen-bond donors (Lipinski definition) is 1. The highest BCUT2D eigenvalue weighted by molar-refractivity contribution is 5.70. The number of benzene rings is 2. The molecule has 1 aromatic heterocycles. The van der Waals surface area contributed by atoms with E-state index >= 15 is 4.39 Å². The third-order valence-electron chi connectivity index (χ3n) is 6.07. The van der Waals surface area contributed by atoms with Gasteiger partial charge in [0.05, 0.1) is 29.9 Å². The Balaban J connectivity index is 1.93. The van der Waals surface area contributed by atoms with Crippen LogP contribution in [-0.4, -0.2) is 27.0 Å². The Labute approximate surface area is 186 Å². The molecule has 0 bridgehead atoms. The Morgan fingerprint density at radius 1 is 1.27 bits per heavy atom. The lowest BCUT2D eigenvalue weighted by molar-refractivity contribution is 0.0927. The number of aromatic nitrogens is 2. The van der Waals surface area contributed by atoms with E-state index in [9.17, 15) is 27.9 Å². The van der Waals surface area contributed by atoms with E-state index in [4.69, 9.17) is 0 Å². The van der Waals surface area contributed by atoms with Crippen molar-refractivity contribution in [3.8, 4) is 17.3 Å². The summed E-state index contributed by atoms with van der Waals surface area (Å²) < 4.78 is 73.9. The van der Waals surface area contributed by atoms with Gasteiger partial charge in [-0.2, -0.15) is 5.26 Å². The molecule has 0 fully saturated rings. The second kappa shape index (κ2) is 8.60. The first kappa shape index (κ1) is 22.9. The van der Waals surface area contributed by atoms with E-state index in [0.29, 0.717) is 11.3 Å². The van der Waals surface area contributed by atoms with Gasteiger partial charge in [0.1, 0.15) is 30.1 Å². The molecule has 9 heteroatoms. The van der Waals surface area contributed by atoms with Crippen LogP contribution >= 0.6 is 0 Å². The van der Waals surface area contributed by atoms with Crippen molar-refractivity contribution in [2.24, 2.45) is 7.05 Å². The lowest BCUT2D eigenvalue weighted by Crippen LogP contribution is -2.12. The molecule has 0 saturated carbocycles. The molecule has 0 saturated heterocycles. The third kappa shape index (κ3) is 3.89. The average Bonchev–Trinajstić information content (AvgIpc) is 3.32. The van der Waals surface area contributed by atoms with Crippen molar-refractivity contribution in [1.29, 1.82) is 5.26 Å². The first-order valence-electron chi connectivity index (χ1n) is 10.3. The SMILES string of the molecule is CC(F)C(F)c1cc(F)cc(C#N)c1Cc1cc(F)c(-c2cncn2C)c2c1CC(F)C2O. The number of fused-ring (bicyclic) bond motifs is 1. The molecule has 4 atom stereocenters. The van der Waals surface area contributed by atoms with Crippen molar-refractivity contribution in [3.05, 3.63) is 75.7 Å². The van der Waals surface area contributed by atoms with Gasteiger partial charge in [-0.05, 0) is 59.4 Å². The Bertz CT molecular complexity index is 1260. The Morgan fingerprint density at radius 3 is 2.61 bits per heavy atom. The Morgan fingerprint density at radius 2 is 2.00 bits per heavy atom. The zero-order chi connectivity index (χ0) is 24.0. The maximum atomic E-state index is 15.4. The number of rotatable bonds is 5. The molecule has 0 amide bonds. The van der Waals surface area contributed by atoms with Crippen molar-refractivity contribution in [2.45, 2.75) is 44.4 Å². The van der Waals surface area contributed by atoms with Crippen molar-refractivity contribution in [1.82, 2.24) is 9.55 Å². The van der Waals surface area contributed by atoms with Crippen LogP contribution in [0.15, 0.2) is 30.7 Å². The van der Waals surface area contributed by atoms with Crippen LogP contribution in [0.5, 0.6) is 0 Å². The highest BCUT2D eigenvalue weighted by Gasteiger charge is 2.38. The molecular formula is C24H20F5N3O. The summed E-state index contributed by atoms with van der Waals surface area (Å²) in [6.45, 7) is 0.968. The lowest BCUT2D eigenvalue weighted by atomic mass is 9.87. The first-order valence-corrected chi connectivity index (χ1v) is 10.3. The van der Waals surface area contributed by atoms with E-state index in [1.165, 1.54) is 17.1 Å². The van der Waals surface area contributed by atoms with Gasteiger partial charge in [-0.3, -0.25) is 0 Å². The van der Waals surface area contributed by atoms with Crippen molar-refractivity contribution in [3.63, 3.8) is 0 Å². The van der Waals surface area contributed by atoms with Gasteiger partial charge in [-0.1, -0.05) is 0 Å². The Kier molecular flexibility index (Phi) is 5.97. The smallest absolute Gasteiger partial charge is 0.156 e. The molecule has 4 rings (SSSR count). The average molecular weight is 461 g/mol. The number of halogens is 5. The number of aryl methyl sites for hydroxylation is 1. The molecule has 0 aliphatic heterocycles. The van der Waals surface area contributed by atoms with Gasteiger partial charge in [0.2, 0.25) is 0 Å². The molecule has 3 aromatic rings. The molecule has 2 aromatic carbocycles. The van der Waals surface area contributed by atoms with Crippen molar-refractivity contribution < 1.29 is 27.1 Å². The summed E-state index contributed by atoms with van der Waals surface area (Å²) in [6, 6.07) is 4.61. The van der Waals surface area contributed by atoms with Gasteiger partial charge >= 0.3 is 0 Å². The van der Waals surface area contributed by atoms with Gasteiger partial charge in [0, 0.05) is 19.0 Å². The molecule has 1 aliphatic carbocycles. The van der Waals surface area contributed by atoms with Crippen molar-refractivity contribution in [2.75, 3.05) is 0 Å². The first-order chi connectivity index (χ1) is 15.6. The highest BCUT2D eigenvalue weighted by atomic mass is 19.2. The van der Waals surface area contributed by atoms with Crippen LogP contribution in [0.25, 0.3) is 11.3 Å². The topological polar surface area (TPSA) is 61.8 Å². The van der Waals surface area contributed by atoms with E-state index in [-0.39, 0.29) is 46.2 Å². The van der Waals surface area contributed by atoms with Crippen LogP contribution < -0.4 is 0 Å². The summed E-state index contributed by atoms with van der Waals surface area (Å²) in [5.41, 5.74) is 0.309. The van der Waals surface area contributed by atoms with Crippen LogP contribution in [0, 0.1) is 23.0 Å². The molecule has 0 radical (unpaired) electrons. The minimum Gasteiger partial charge on any atom is -0.385 e. The van der Waals surface area contributed by atoms with Gasteiger partial charge in [-0.25, -0.2) is 26.9 Å². The normalized spacial score (nSPS) is 19.2. The summed E-state index contributed by atoms with van der Waals surface area (Å²) in [5, 5.41) is 20.0. The van der Waals surface area contributed by atoms with Gasteiger partial charge in [-0.15, -0.1) is 0 Å². The number of aliphatic hydroxyl groups is 1. The van der Waals surface area contributed by atoms with Gasteiger partial charge in [0.25, 0.3) is 0 Å². The predicted molar refractivity (Wildman–Crippen MR) is 111 cm³/mol. The molecule has 1 aliphatic rings. The molecule has 1 heterocycles. The third-order valence-corrected chi connectivity index (χ3v) is 6.07. The predicted octanol–water partition coefficient (Wildman–Crippen LogP) is 5.12. The maximum absolute atomic E-state index is 15.4. The van der Waals surface area contributed by atoms with E-state index in [0.717, 1.165) is 25.1 Å². The molecule has 0 spiro atoms. The van der Waals surface area contributed by atoms with Crippen LogP contribution in [0.2, 0.25) is 0 Å². The second-order valence-corrected chi connectivity index (χ2v) is 8.23. The summed E-state index contributed by atoms with van der Waals surface area (Å²) in [5.74, 6) is -1.67. The fourth-order valence-electron chi connectivity index (χ4n) is 4.47. The van der Waals surface area contributed by atoms with E-state index in [2.05, 4.69) is 4.98 Å². The fourth-order valence-corrected chi connectivity index (χ4v) is 4.47. The van der Waals surface area contributed by atoms with Gasteiger partial charge in [0.15, 0.2) is 6.17 Å². The standard InChI is InChI=1S/C24H20F5N3O/c1-11(25)23(29)17-6-14(26)3-13(8-30)15(17)4-12-5-18(27)22(20-9-31-10-32(20)2)21-16(12)7-19(28)24(21)33/h3,5-6,9-11,19,23-24,33H,4,7H2,1-2H3. The molecular weight excluding hydrogens is 441 g/mol. The number of imidazole rings is 1. The number of hydrogen-bond acceptors (Lipinski definition) is 3. The van der Waals surface area contributed by atoms with Gasteiger partial charge < -0.3 is 9.67 Å². The number of aliphatic hydroxyl groups excluding tert-OH is 1. The zero-order valence-electron chi connectivity index (χ0n) is 17.8. The minimum atomic E-state index is -2.21.